The van der Waals surface area contributed by atoms with Gasteiger partial charge in [0.15, 0.2) is 0 Å². The standard InChI is InChI=1S/C32H31F3N10O/c33-32(34,35)30-41-22(19-46)14-27(42-30)45(23-4-2-1-3-5-23)24-7-12-43(13-8-24)25-15-31(16-25,9-10-36)44-18-21(17-40-44)28-26-6-11-37-29(26)39-20-38-28/h1-6,11,14,17-18,20,24-25,46H,7-9,12-13,15-16,19H2,(H,37,38,39)/t25-,31+. The minimum atomic E-state index is -4.75. The van der Waals surface area contributed by atoms with Crippen molar-refractivity contribution in [3.05, 3.63) is 78.9 Å². The minimum absolute atomic E-state index is 0.0852. The molecule has 14 heteroatoms. The lowest BCUT2D eigenvalue weighted by Gasteiger charge is -2.53. The van der Waals surface area contributed by atoms with Crippen molar-refractivity contribution in [2.45, 2.75) is 62.5 Å². The molecule has 2 N–H and O–H groups in total. The van der Waals surface area contributed by atoms with E-state index in [1.807, 2.05) is 58.4 Å². The summed E-state index contributed by atoms with van der Waals surface area (Å²) in [7, 11) is 0. The molecule has 0 spiro atoms. The van der Waals surface area contributed by atoms with Crippen LogP contribution in [0.15, 0.2) is 67.4 Å². The van der Waals surface area contributed by atoms with Gasteiger partial charge in [-0.1, -0.05) is 18.2 Å². The van der Waals surface area contributed by atoms with Gasteiger partial charge in [0.05, 0.1) is 42.2 Å². The number of hydrogen-bond acceptors (Lipinski definition) is 9. The number of likely N-dealkylation sites (tertiary alicyclic amines) is 1. The molecule has 0 amide bonds. The monoisotopic (exact) mass is 628 g/mol. The third-order valence-electron chi connectivity index (χ3n) is 9.18. The molecule has 236 valence electrons. The van der Waals surface area contributed by atoms with E-state index in [-0.39, 0.29) is 23.6 Å². The number of fused-ring (bicyclic) bond motifs is 1. The summed E-state index contributed by atoms with van der Waals surface area (Å²) in [5, 5.41) is 25.0. The highest BCUT2D eigenvalue weighted by atomic mass is 19.4. The van der Waals surface area contributed by atoms with Crippen LogP contribution in [0.4, 0.5) is 24.7 Å². The van der Waals surface area contributed by atoms with Gasteiger partial charge in [0, 0.05) is 60.3 Å². The lowest BCUT2D eigenvalue weighted by atomic mass is 9.69. The number of rotatable bonds is 8. The summed E-state index contributed by atoms with van der Waals surface area (Å²) in [4.78, 5) is 23.5. The first-order valence-corrected chi connectivity index (χ1v) is 15.1. The summed E-state index contributed by atoms with van der Waals surface area (Å²) in [6.45, 7) is 0.851. The second-order valence-electron chi connectivity index (χ2n) is 11.9. The first kappa shape index (κ1) is 29.8. The van der Waals surface area contributed by atoms with Crippen LogP contribution >= 0.6 is 0 Å². The molecule has 0 atom stereocenters. The Labute approximate surface area is 262 Å². The average molecular weight is 629 g/mol. The van der Waals surface area contributed by atoms with Gasteiger partial charge in [0.25, 0.3) is 0 Å². The second-order valence-corrected chi connectivity index (χ2v) is 11.9. The molecule has 1 saturated heterocycles. The SMILES string of the molecule is N#CC[C@]1(n2cc(-c3ncnc4[nH]ccc34)cn2)C[C@@H](N2CCC(N(c3ccccc3)c3cc(CO)nc(C(F)(F)F)n3)CC2)C1. The maximum Gasteiger partial charge on any atom is 0.451 e. The van der Waals surface area contributed by atoms with Crippen LogP contribution in [0.5, 0.6) is 0 Å². The number of alkyl halides is 3. The van der Waals surface area contributed by atoms with Crippen LogP contribution in [0.25, 0.3) is 22.3 Å². The summed E-state index contributed by atoms with van der Waals surface area (Å²) < 4.78 is 43.0. The number of aliphatic hydroxyl groups excluding tert-OH is 1. The van der Waals surface area contributed by atoms with E-state index in [4.69, 9.17) is 0 Å². The Bertz CT molecular complexity index is 1870. The van der Waals surface area contributed by atoms with E-state index >= 15 is 0 Å². The highest BCUT2D eigenvalue weighted by Gasteiger charge is 2.49. The second kappa shape index (κ2) is 11.8. The van der Waals surface area contributed by atoms with Gasteiger partial charge in [-0.25, -0.2) is 19.9 Å². The van der Waals surface area contributed by atoms with Crippen molar-refractivity contribution in [2.75, 3.05) is 18.0 Å². The molecule has 46 heavy (non-hydrogen) atoms. The molecule has 7 rings (SSSR count). The number of nitrogens with one attached hydrogen (secondary N) is 1. The summed E-state index contributed by atoms with van der Waals surface area (Å²) >= 11 is 0. The van der Waals surface area contributed by atoms with E-state index in [0.29, 0.717) is 19.3 Å². The van der Waals surface area contributed by atoms with Gasteiger partial charge in [-0.3, -0.25) is 4.68 Å². The molecule has 2 aliphatic rings. The molecule has 1 aliphatic heterocycles. The number of piperidine rings is 1. The average Bonchev–Trinajstić information content (AvgIpc) is 3.74. The van der Waals surface area contributed by atoms with Crippen molar-refractivity contribution < 1.29 is 18.3 Å². The summed E-state index contributed by atoms with van der Waals surface area (Å²) in [5.41, 5.74) is 2.60. The largest absolute Gasteiger partial charge is 0.451 e. The number of anilines is 2. The van der Waals surface area contributed by atoms with Gasteiger partial charge in [-0.15, -0.1) is 0 Å². The van der Waals surface area contributed by atoms with E-state index in [9.17, 15) is 23.5 Å². The van der Waals surface area contributed by atoms with E-state index in [0.717, 1.165) is 53.9 Å². The smallest absolute Gasteiger partial charge is 0.390 e. The highest BCUT2D eigenvalue weighted by Crippen LogP contribution is 2.46. The van der Waals surface area contributed by atoms with E-state index in [2.05, 4.69) is 41.0 Å². The number of halogens is 3. The number of nitriles is 1. The minimum Gasteiger partial charge on any atom is -0.390 e. The first-order chi connectivity index (χ1) is 22.3. The van der Waals surface area contributed by atoms with Crippen molar-refractivity contribution in [2.24, 2.45) is 0 Å². The molecule has 1 saturated carbocycles. The molecule has 2 fully saturated rings. The van der Waals surface area contributed by atoms with E-state index < -0.39 is 24.1 Å². The number of nitrogens with zero attached hydrogens (tertiary/aromatic N) is 9. The Kier molecular flexibility index (Phi) is 7.66. The Morgan fingerprint density at radius 3 is 2.59 bits per heavy atom. The lowest BCUT2D eigenvalue weighted by Crippen LogP contribution is -2.58. The van der Waals surface area contributed by atoms with Crippen molar-refractivity contribution in [1.29, 1.82) is 5.26 Å². The number of aromatic amines is 1. The predicted octanol–water partition coefficient (Wildman–Crippen LogP) is 5.20. The molecule has 1 aliphatic carbocycles. The fraction of sp³-hybridized carbons (Fsp3) is 0.375. The molecule has 4 aromatic heterocycles. The number of H-pyrrole nitrogens is 1. The van der Waals surface area contributed by atoms with E-state index in [1.165, 1.54) is 12.4 Å². The van der Waals surface area contributed by atoms with Crippen LogP contribution in [0, 0.1) is 11.3 Å². The first-order valence-electron chi connectivity index (χ1n) is 15.1. The number of aromatic nitrogens is 7. The Morgan fingerprint density at radius 2 is 1.87 bits per heavy atom. The van der Waals surface area contributed by atoms with Crippen molar-refractivity contribution >= 4 is 22.5 Å². The topological polar surface area (TPSA) is 136 Å². The molecule has 5 heterocycles. The molecule has 0 radical (unpaired) electrons. The van der Waals surface area contributed by atoms with Crippen LogP contribution in [-0.4, -0.2) is 69.9 Å². The summed E-state index contributed by atoms with van der Waals surface area (Å²) in [6, 6.07) is 15.1. The highest BCUT2D eigenvalue weighted by molar-refractivity contribution is 5.90. The van der Waals surface area contributed by atoms with Gasteiger partial charge in [-0.2, -0.15) is 23.5 Å². The van der Waals surface area contributed by atoms with Gasteiger partial charge in [0.1, 0.15) is 17.8 Å². The molecule has 11 nitrogen and oxygen atoms in total. The van der Waals surface area contributed by atoms with Gasteiger partial charge >= 0.3 is 6.18 Å². The number of para-hydroxylation sites is 1. The Morgan fingerprint density at radius 1 is 1.09 bits per heavy atom. The number of aliphatic hydroxyl groups is 1. The number of benzene rings is 1. The predicted molar refractivity (Wildman–Crippen MR) is 162 cm³/mol. The molecule has 0 bridgehead atoms. The maximum atomic E-state index is 13.7. The summed E-state index contributed by atoms with van der Waals surface area (Å²) in [5.74, 6) is -1.16. The van der Waals surface area contributed by atoms with Crippen molar-refractivity contribution in [1.82, 2.24) is 39.6 Å². The fourth-order valence-corrected chi connectivity index (χ4v) is 6.88. The molecule has 1 aromatic carbocycles. The quantitative estimate of drug-likeness (QED) is 0.238. The van der Waals surface area contributed by atoms with Crippen LogP contribution in [-0.2, 0) is 18.3 Å². The zero-order chi connectivity index (χ0) is 31.9. The molecule has 5 aromatic rings. The molecule has 0 unspecified atom stereocenters. The van der Waals surface area contributed by atoms with Crippen LogP contribution in [0.2, 0.25) is 0 Å². The third-order valence-corrected chi connectivity index (χ3v) is 9.18. The Hall–Kier alpha value is -4.87. The number of hydrogen-bond donors (Lipinski definition) is 2. The normalized spacial score (nSPS) is 20.8. The van der Waals surface area contributed by atoms with E-state index in [1.54, 1.807) is 6.20 Å². The summed E-state index contributed by atoms with van der Waals surface area (Å²) in [6.07, 6.45) is 5.59. The van der Waals surface area contributed by atoms with Crippen LogP contribution in [0.3, 0.4) is 0 Å². The molecular weight excluding hydrogens is 597 g/mol. The lowest BCUT2D eigenvalue weighted by molar-refractivity contribution is -0.145. The fourth-order valence-electron chi connectivity index (χ4n) is 6.88. The zero-order valence-electron chi connectivity index (χ0n) is 24.8. The van der Waals surface area contributed by atoms with Gasteiger partial charge < -0.3 is 19.9 Å². The molecular formula is C32H31F3N10O. The van der Waals surface area contributed by atoms with Crippen LogP contribution in [0.1, 0.15) is 43.6 Å². The zero-order valence-corrected chi connectivity index (χ0v) is 24.8. The third kappa shape index (κ3) is 5.45. The van der Waals surface area contributed by atoms with Crippen molar-refractivity contribution in [3.8, 4) is 17.3 Å². The maximum absolute atomic E-state index is 13.7. The van der Waals surface area contributed by atoms with Crippen molar-refractivity contribution in [3.63, 3.8) is 0 Å². The van der Waals surface area contributed by atoms with Crippen LogP contribution < -0.4 is 4.90 Å². The van der Waals surface area contributed by atoms with Gasteiger partial charge in [-0.05, 0) is 43.9 Å². The van der Waals surface area contributed by atoms with Gasteiger partial charge in [0.2, 0.25) is 5.82 Å². The Balaban J connectivity index is 1.08.